The number of Topliss-reactive ketones (excluding diaryl/α,β-unsaturated/α-hetero) is 1. The molecule has 0 spiro atoms. The fourth-order valence-electron chi connectivity index (χ4n) is 4.86. The average molecular weight is 588 g/mol. The molecule has 0 aliphatic heterocycles. The first kappa shape index (κ1) is 33.3. The number of aliphatic hydroxyl groups excluding tert-OH is 1. The Morgan fingerprint density at radius 1 is 1.10 bits per heavy atom. The van der Waals surface area contributed by atoms with E-state index in [-0.39, 0.29) is 42.4 Å². The van der Waals surface area contributed by atoms with E-state index >= 15 is 0 Å². The molecule has 0 aromatic heterocycles. The zero-order valence-corrected chi connectivity index (χ0v) is 25.1. The first-order chi connectivity index (χ1) is 19.7. The summed E-state index contributed by atoms with van der Waals surface area (Å²) in [5, 5.41) is 11.2. The molecule has 1 fully saturated rings. The van der Waals surface area contributed by atoms with Crippen LogP contribution in [0.15, 0.2) is 47.5 Å². The number of ketones is 1. The van der Waals surface area contributed by atoms with Crippen LogP contribution in [0.2, 0.25) is 0 Å². The fraction of sp³-hybridized carbons (Fsp3) is 0.531. The number of nitrogens with two attached hydrogens (primary N) is 1. The van der Waals surface area contributed by atoms with Gasteiger partial charge in [-0.3, -0.25) is 9.59 Å². The minimum absolute atomic E-state index is 0.0289. The van der Waals surface area contributed by atoms with E-state index in [2.05, 4.69) is 4.99 Å². The lowest BCUT2D eigenvalue weighted by atomic mass is 10.0. The van der Waals surface area contributed by atoms with E-state index in [1.165, 1.54) is 0 Å². The van der Waals surface area contributed by atoms with Gasteiger partial charge in [-0.25, -0.2) is 18.7 Å². The van der Waals surface area contributed by atoms with Crippen molar-refractivity contribution in [3.63, 3.8) is 0 Å². The lowest BCUT2D eigenvalue weighted by Crippen LogP contribution is -2.51. The molecule has 0 bridgehead atoms. The predicted molar refractivity (Wildman–Crippen MR) is 157 cm³/mol. The van der Waals surface area contributed by atoms with Gasteiger partial charge in [-0.05, 0) is 88.6 Å². The number of benzene rings is 2. The molecule has 0 saturated heterocycles. The number of rotatable bonds is 13. The maximum atomic E-state index is 14.0. The summed E-state index contributed by atoms with van der Waals surface area (Å²) in [4.78, 5) is 31.7. The number of esters is 1. The maximum Gasteiger partial charge on any atom is 0.323 e. The maximum absolute atomic E-state index is 14.0. The highest BCUT2D eigenvalue weighted by Crippen LogP contribution is 2.27. The third-order valence-electron chi connectivity index (χ3n) is 6.84. The van der Waals surface area contributed by atoms with Crippen LogP contribution in [0.3, 0.4) is 0 Å². The van der Waals surface area contributed by atoms with Crippen molar-refractivity contribution in [3.05, 3.63) is 65.2 Å². The second-order valence-electron chi connectivity index (χ2n) is 12.2. The fourth-order valence-corrected chi connectivity index (χ4v) is 4.86. The summed E-state index contributed by atoms with van der Waals surface area (Å²) in [5.74, 6) is -2.59. The van der Waals surface area contributed by atoms with Crippen molar-refractivity contribution in [3.8, 4) is 0 Å². The molecule has 10 heteroatoms. The van der Waals surface area contributed by atoms with Crippen LogP contribution in [0.4, 0.5) is 14.5 Å². The number of hydrogen-bond acceptors (Lipinski definition) is 7. The predicted octanol–water partition coefficient (Wildman–Crippen LogP) is 6.02. The zero-order chi connectivity index (χ0) is 31.0. The smallest absolute Gasteiger partial charge is 0.323 e. The van der Waals surface area contributed by atoms with Gasteiger partial charge in [0.15, 0.2) is 5.78 Å². The lowest BCUT2D eigenvalue weighted by Gasteiger charge is -2.37. The first-order valence-corrected chi connectivity index (χ1v) is 14.4. The first-order valence-electron chi connectivity index (χ1n) is 14.4. The second-order valence-corrected chi connectivity index (χ2v) is 12.2. The quantitative estimate of drug-likeness (QED) is 0.0968. The molecule has 2 aromatic rings. The Hall–Kier alpha value is -3.21. The molecule has 1 unspecified atom stereocenters. The van der Waals surface area contributed by atoms with Crippen LogP contribution in [-0.4, -0.2) is 51.8 Å². The third-order valence-corrected chi connectivity index (χ3v) is 6.84. The summed E-state index contributed by atoms with van der Waals surface area (Å²) in [6, 6.07) is 8.94. The van der Waals surface area contributed by atoms with Crippen LogP contribution in [0.5, 0.6) is 0 Å². The van der Waals surface area contributed by atoms with Gasteiger partial charge in [0.05, 0.1) is 23.3 Å². The third kappa shape index (κ3) is 10.3. The number of halogens is 2. The highest BCUT2D eigenvalue weighted by molar-refractivity contribution is 6.09. The van der Waals surface area contributed by atoms with Crippen LogP contribution in [0, 0.1) is 17.6 Å². The molecule has 2 aromatic carbocycles. The van der Waals surface area contributed by atoms with Crippen LogP contribution >= 0.6 is 0 Å². The average Bonchev–Trinajstić information content (AvgIpc) is 3.38. The topological polar surface area (TPSA) is 114 Å². The van der Waals surface area contributed by atoms with Crippen LogP contribution in [0.1, 0.15) is 89.1 Å². The molecular weight excluding hydrogens is 544 g/mol. The molecule has 1 saturated carbocycles. The standard InChI is InChI=1S/C32H43F2N3O5/c1-20(2)16-27(30(39)41-24-8-6-7-9-24)37(31(40)42-32(3,4)5)19-21-10-13-23(14-11-21)36-29(35)18-28(38)25-15-12-22(33)17-26(25)34/h10-15,17,20,24,27,31,40H,6-9,16,18-19H2,1-5H3,(H2,35,36)/t27-,31?/m0/s1. The lowest BCUT2D eigenvalue weighted by molar-refractivity contribution is -0.254. The van der Waals surface area contributed by atoms with Gasteiger partial charge in [0.2, 0.25) is 6.41 Å². The SMILES string of the molecule is CC(C)C[C@@H](C(=O)OC1CCCC1)N(Cc1ccc(N=C(N)CC(=O)c2ccc(F)cc2F)cc1)C(O)OC(C)(C)C. The van der Waals surface area contributed by atoms with E-state index < -0.39 is 35.5 Å². The zero-order valence-electron chi connectivity index (χ0n) is 25.1. The molecule has 1 aliphatic carbocycles. The molecular formula is C32H43F2N3O5. The molecule has 1 aliphatic rings. The summed E-state index contributed by atoms with van der Waals surface area (Å²) in [5.41, 5.74) is 6.26. The summed E-state index contributed by atoms with van der Waals surface area (Å²) < 4.78 is 38.9. The molecule has 42 heavy (non-hydrogen) atoms. The van der Waals surface area contributed by atoms with Crippen LogP contribution in [0.25, 0.3) is 0 Å². The van der Waals surface area contributed by atoms with E-state index in [4.69, 9.17) is 15.2 Å². The van der Waals surface area contributed by atoms with Gasteiger partial charge < -0.3 is 20.3 Å². The summed E-state index contributed by atoms with van der Waals surface area (Å²) in [6.45, 7) is 9.70. The van der Waals surface area contributed by atoms with Crippen LogP contribution < -0.4 is 5.73 Å². The summed E-state index contributed by atoms with van der Waals surface area (Å²) in [6.07, 6.45) is 2.41. The van der Waals surface area contributed by atoms with Gasteiger partial charge in [-0.1, -0.05) is 26.0 Å². The largest absolute Gasteiger partial charge is 0.461 e. The van der Waals surface area contributed by atoms with Gasteiger partial charge in [0, 0.05) is 12.6 Å². The molecule has 0 heterocycles. The molecule has 0 amide bonds. The Morgan fingerprint density at radius 2 is 1.74 bits per heavy atom. The number of amidine groups is 1. The van der Waals surface area contributed by atoms with Crippen LogP contribution in [-0.2, 0) is 20.8 Å². The molecule has 3 rings (SSSR count). The number of aliphatic imine (C=N–C) groups is 1. The minimum Gasteiger partial charge on any atom is -0.461 e. The van der Waals surface area contributed by atoms with Gasteiger partial charge >= 0.3 is 5.97 Å². The van der Waals surface area contributed by atoms with Crippen molar-refractivity contribution in [2.24, 2.45) is 16.6 Å². The number of hydrogen-bond donors (Lipinski definition) is 2. The second kappa shape index (κ2) is 14.8. The molecule has 230 valence electrons. The summed E-state index contributed by atoms with van der Waals surface area (Å²) >= 11 is 0. The Kier molecular flexibility index (Phi) is 11.7. The molecule has 2 atom stereocenters. The number of carbonyl (C=O) groups excluding carboxylic acids is 2. The van der Waals surface area contributed by atoms with Crippen molar-refractivity contribution in [1.82, 2.24) is 4.90 Å². The van der Waals surface area contributed by atoms with E-state index in [9.17, 15) is 23.5 Å². The molecule has 3 N–H and O–H groups in total. The molecule has 8 nitrogen and oxygen atoms in total. The number of nitrogens with zero attached hydrogens (tertiary/aromatic N) is 2. The Labute approximate surface area is 246 Å². The van der Waals surface area contributed by atoms with Gasteiger partial charge in [0.1, 0.15) is 29.6 Å². The Morgan fingerprint density at radius 3 is 2.31 bits per heavy atom. The van der Waals surface area contributed by atoms with Crippen molar-refractivity contribution >= 4 is 23.3 Å². The Bertz CT molecular complexity index is 1240. The number of aliphatic hydroxyl groups is 1. The number of carbonyl (C=O) groups is 2. The van der Waals surface area contributed by atoms with E-state index in [0.717, 1.165) is 43.4 Å². The van der Waals surface area contributed by atoms with Gasteiger partial charge in [-0.15, -0.1) is 0 Å². The summed E-state index contributed by atoms with van der Waals surface area (Å²) in [7, 11) is 0. The van der Waals surface area contributed by atoms with Gasteiger partial charge in [-0.2, -0.15) is 0 Å². The monoisotopic (exact) mass is 587 g/mol. The van der Waals surface area contributed by atoms with E-state index in [0.29, 0.717) is 18.2 Å². The highest BCUT2D eigenvalue weighted by atomic mass is 19.1. The van der Waals surface area contributed by atoms with E-state index in [1.807, 2.05) is 34.6 Å². The van der Waals surface area contributed by atoms with Gasteiger partial charge in [0.25, 0.3) is 0 Å². The van der Waals surface area contributed by atoms with Crippen molar-refractivity contribution in [1.29, 1.82) is 0 Å². The highest BCUT2D eigenvalue weighted by Gasteiger charge is 2.36. The van der Waals surface area contributed by atoms with E-state index in [1.54, 1.807) is 29.2 Å². The number of ether oxygens (including phenoxy) is 2. The molecule has 0 radical (unpaired) electrons. The van der Waals surface area contributed by atoms with Crippen molar-refractivity contribution < 1.29 is 33.0 Å². The minimum atomic E-state index is -1.36. The van der Waals surface area contributed by atoms with Crippen molar-refractivity contribution in [2.75, 3.05) is 0 Å². The normalized spacial score (nSPS) is 16.2. The Balaban J connectivity index is 1.78. The van der Waals surface area contributed by atoms with Crippen molar-refractivity contribution in [2.45, 2.75) is 104 Å².